The van der Waals surface area contributed by atoms with Gasteiger partial charge in [0.25, 0.3) is 11.8 Å². The van der Waals surface area contributed by atoms with E-state index >= 15 is 0 Å². The maximum absolute atomic E-state index is 11.8. The zero-order valence-corrected chi connectivity index (χ0v) is 10.3. The molecule has 4 nitrogen and oxygen atoms in total. The molecule has 18 heavy (non-hydrogen) atoms. The summed E-state index contributed by atoms with van der Waals surface area (Å²) in [4.78, 5) is 23.0. The number of nitrogens with two attached hydrogens (primary N) is 1. The van der Waals surface area contributed by atoms with Gasteiger partial charge < -0.3 is 11.1 Å². The summed E-state index contributed by atoms with van der Waals surface area (Å²) in [5.74, 6) is -0.936. The molecule has 1 rings (SSSR count). The van der Waals surface area contributed by atoms with E-state index in [0.29, 0.717) is 11.3 Å². The molecule has 0 aromatic heterocycles. The lowest BCUT2D eigenvalue weighted by molar-refractivity contribution is -0.112. The Hall–Kier alpha value is -2.36. The molecule has 94 valence electrons. The van der Waals surface area contributed by atoms with Crippen molar-refractivity contribution in [3.63, 3.8) is 0 Å². The van der Waals surface area contributed by atoms with Gasteiger partial charge in [0, 0.05) is 5.57 Å². The Morgan fingerprint density at radius 2 is 2.06 bits per heavy atom. The van der Waals surface area contributed by atoms with Crippen LogP contribution in [0.15, 0.2) is 48.6 Å². The molecule has 0 aliphatic heterocycles. The van der Waals surface area contributed by atoms with Crippen molar-refractivity contribution in [2.24, 2.45) is 5.73 Å². The number of rotatable bonds is 5. The van der Waals surface area contributed by atoms with Crippen molar-refractivity contribution >= 4 is 17.5 Å². The average molecular weight is 244 g/mol. The van der Waals surface area contributed by atoms with Crippen molar-refractivity contribution in [1.29, 1.82) is 0 Å². The largest absolute Gasteiger partial charge is 0.366 e. The predicted molar refractivity (Wildman–Crippen MR) is 72.2 cm³/mol. The third-order valence-electron chi connectivity index (χ3n) is 2.29. The number of amides is 2. The first-order valence-corrected chi connectivity index (χ1v) is 5.62. The second kappa shape index (κ2) is 6.39. The number of benzene rings is 1. The number of hydrogen-bond acceptors (Lipinski definition) is 2. The number of primary amides is 1. The van der Waals surface area contributed by atoms with E-state index in [0.717, 1.165) is 6.42 Å². The summed E-state index contributed by atoms with van der Waals surface area (Å²) >= 11 is 0. The summed E-state index contributed by atoms with van der Waals surface area (Å²) in [5, 5.41) is 2.61. The summed E-state index contributed by atoms with van der Waals surface area (Å²) in [6, 6.07) is 6.58. The SMILES string of the molecule is C=C(/C=C\CC)C(=O)Nc1ccccc1C(N)=O. The molecule has 0 saturated carbocycles. The molecule has 1 aromatic carbocycles. The summed E-state index contributed by atoms with van der Waals surface area (Å²) in [6.07, 6.45) is 4.30. The third-order valence-corrected chi connectivity index (χ3v) is 2.29. The van der Waals surface area contributed by atoms with Gasteiger partial charge in [0.05, 0.1) is 11.3 Å². The fourth-order valence-electron chi connectivity index (χ4n) is 1.35. The third kappa shape index (κ3) is 3.59. The second-order valence-corrected chi connectivity index (χ2v) is 3.70. The van der Waals surface area contributed by atoms with E-state index in [4.69, 9.17) is 5.73 Å². The highest BCUT2D eigenvalue weighted by atomic mass is 16.2. The Balaban J connectivity index is 2.85. The predicted octanol–water partition coefficient (Wildman–Crippen LogP) is 2.25. The quantitative estimate of drug-likeness (QED) is 0.616. The van der Waals surface area contributed by atoms with E-state index in [-0.39, 0.29) is 11.5 Å². The van der Waals surface area contributed by atoms with Crippen molar-refractivity contribution in [3.05, 3.63) is 54.1 Å². The van der Waals surface area contributed by atoms with Crippen LogP contribution in [0.4, 0.5) is 5.69 Å². The summed E-state index contributed by atoms with van der Waals surface area (Å²) in [7, 11) is 0. The van der Waals surface area contributed by atoms with Crippen molar-refractivity contribution in [3.8, 4) is 0 Å². The van der Waals surface area contributed by atoms with Crippen molar-refractivity contribution in [2.75, 3.05) is 5.32 Å². The zero-order valence-electron chi connectivity index (χ0n) is 10.3. The first-order valence-electron chi connectivity index (χ1n) is 5.62. The van der Waals surface area contributed by atoms with Gasteiger partial charge in [-0.25, -0.2) is 0 Å². The molecule has 0 bridgehead atoms. The number of hydrogen-bond donors (Lipinski definition) is 2. The molecule has 0 radical (unpaired) electrons. The lowest BCUT2D eigenvalue weighted by atomic mass is 10.1. The monoisotopic (exact) mass is 244 g/mol. The minimum absolute atomic E-state index is 0.276. The van der Waals surface area contributed by atoms with Crippen LogP contribution in [0.5, 0.6) is 0 Å². The molecule has 0 saturated heterocycles. The summed E-state index contributed by atoms with van der Waals surface area (Å²) < 4.78 is 0. The fraction of sp³-hybridized carbons (Fsp3) is 0.143. The lowest BCUT2D eigenvalue weighted by Gasteiger charge is -2.08. The molecule has 0 spiro atoms. The normalized spacial score (nSPS) is 10.3. The molecular formula is C14H16N2O2. The van der Waals surface area contributed by atoms with Gasteiger partial charge in [-0.1, -0.05) is 37.8 Å². The molecule has 0 aliphatic carbocycles. The molecule has 2 amide bonds. The van der Waals surface area contributed by atoms with E-state index in [9.17, 15) is 9.59 Å². The molecule has 3 N–H and O–H groups in total. The van der Waals surface area contributed by atoms with Gasteiger partial charge >= 0.3 is 0 Å². The highest BCUT2D eigenvalue weighted by Gasteiger charge is 2.10. The van der Waals surface area contributed by atoms with Gasteiger partial charge in [0.2, 0.25) is 0 Å². The van der Waals surface area contributed by atoms with Crippen LogP contribution in [-0.2, 0) is 4.79 Å². The van der Waals surface area contributed by atoms with E-state index in [1.165, 1.54) is 0 Å². The highest BCUT2D eigenvalue weighted by molar-refractivity contribution is 6.09. The van der Waals surface area contributed by atoms with E-state index in [2.05, 4.69) is 11.9 Å². The Morgan fingerprint density at radius 1 is 1.39 bits per heavy atom. The van der Waals surface area contributed by atoms with Crippen LogP contribution in [0.25, 0.3) is 0 Å². The number of carbonyl (C=O) groups excluding carboxylic acids is 2. The summed E-state index contributed by atoms with van der Waals surface area (Å²) in [6.45, 7) is 5.61. The molecule has 0 unspecified atom stereocenters. The molecule has 4 heteroatoms. The number of allylic oxidation sites excluding steroid dienone is 1. The average Bonchev–Trinajstić information content (AvgIpc) is 2.36. The molecule has 0 heterocycles. The minimum atomic E-state index is -0.583. The highest BCUT2D eigenvalue weighted by Crippen LogP contribution is 2.15. The van der Waals surface area contributed by atoms with Crippen LogP contribution in [-0.4, -0.2) is 11.8 Å². The van der Waals surface area contributed by atoms with Crippen LogP contribution in [0.2, 0.25) is 0 Å². The first-order chi connectivity index (χ1) is 8.56. The molecule has 0 aliphatic rings. The first kappa shape index (κ1) is 13.7. The Labute approximate surface area is 106 Å². The maximum atomic E-state index is 11.8. The number of carbonyl (C=O) groups is 2. The Kier molecular flexibility index (Phi) is 4.87. The minimum Gasteiger partial charge on any atom is -0.366 e. The van der Waals surface area contributed by atoms with E-state index in [1.54, 1.807) is 30.3 Å². The molecule has 1 aromatic rings. The van der Waals surface area contributed by atoms with E-state index in [1.807, 2.05) is 13.0 Å². The molecular weight excluding hydrogens is 228 g/mol. The van der Waals surface area contributed by atoms with Crippen molar-refractivity contribution in [1.82, 2.24) is 0 Å². The van der Waals surface area contributed by atoms with Gasteiger partial charge in [0.15, 0.2) is 0 Å². The number of para-hydroxylation sites is 1. The number of anilines is 1. The lowest BCUT2D eigenvalue weighted by Crippen LogP contribution is -2.18. The zero-order chi connectivity index (χ0) is 13.5. The van der Waals surface area contributed by atoms with Gasteiger partial charge in [-0.15, -0.1) is 0 Å². The fourth-order valence-corrected chi connectivity index (χ4v) is 1.35. The van der Waals surface area contributed by atoms with Gasteiger partial charge in [-0.2, -0.15) is 0 Å². The van der Waals surface area contributed by atoms with Crippen molar-refractivity contribution < 1.29 is 9.59 Å². The van der Waals surface area contributed by atoms with Gasteiger partial charge in [-0.3, -0.25) is 9.59 Å². The van der Waals surface area contributed by atoms with E-state index < -0.39 is 5.91 Å². The van der Waals surface area contributed by atoms with Crippen LogP contribution in [0, 0.1) is 0 Å². The van der Waals surface area contributed by atoms with Crippen LogP contribution in [0.1, 0.15) is 23.7 Å². The Bertz CT molecular complexity index is 504. The summed E-state index contributed by atoms with van der Waals surface area (Å²) in [5.41, 5.74) is 6.22. The van der Waals surface area contributed by atoms with Gasteiger partial charge in [0.1, 0.15) is 0 Å². The smallest absolute Gasteiger partial charge is 0.255 e. The van der Waals surface area contributed by atoms with Crippen LogP contribution >= 0.6 is 0 Å². The second-order valence-electron chi connectivity index (χ2n) is 3.70. The standard InChI is InChI=1S/C14H16N2O2/c1-3-4-7-10(2)14(18)16-12-9-6-5-8-11(12)13(15)17/h4-9H,2-3H2,1H3,(H2,15,17)(H,16,18)/b7-4-. The van der Waals surface area contributed by atoms with Crippen LogP contribution < -0.4 is 11.1 Å². The maximum Gasteiger partial charge on any atom is 0.255 e. The molecule has 0 fully saturated rings. The van der Waals surface area contributed by atoms with Gasteiger partial charge in [-0.05, 0) is 18.6 Å². The van der Waals surface area contributed by atoms with Crippen molar-refractivity contribution in [2.45, 2.75) is 13.3 Å². The van der Waals surface area contributed by atoms with Crippen LogP contribution in [0.3, 0.4) is 0 Å². The molecule has 0 atom stereocenters. The topological polar surface area (TPSA) is 72.2 Å². The Morgan fingerprint density at radius 3 is 2.67 bits per heavy atom. The number of nitrogens with one attached hydrogen (secondary N) is 1.